The molecular weight excluding hydrogens is 1210 g/mol. The molecule has 0 aromatic carbocycles. The van der Waals surface area contributed by atoms with Crippen LogP contribution < -0.4 is 5.32 Å². The lowest BCUT2D eigenvalue weighted by Crippen LogP contribution is -2.65. The summed E-state index contributed by atoms with van der Waals surface area (Å²) in [5.74, 6) is -0.195. The summed E-state index contributed by atoms with van der Waals surface area (Å²) in [6.07, 6.45) is 67.5. The van der Waals surface area contributed by atoms with Gasteiger partial charge in [0.25, 0.3) is 0 Å². The van der Waals surface area contributed by atoms with Crippen molar-refractivity contribution in [2.24, 2.45) is 0 Å². The molecule has 2 aliphatic heterocycles. The second-order valence-electron chi connectivity index (χ2n) is 30.3. The molecule has 2 fully saturated rings. The predicted octanol–water partition coefficient (Wildman–Crippen LogP) is 19.5. The molecule has 12 atom stereocenters. The van der Waals surface area contributed by atoms with E-state index in [-0.39, 0.29) is 12.5 Å². The molecule has 12 unspecified atom stereocenters. The molecule has 572 valence electrons. The second-order valence-corrected chi connectivity index (χ2v) is 30.3. The number of rotatable bonds is 73. The van der Waals surface area contributed by atoms with E-state index in [0.29, 0.717) is 12.8 Å². The van der Waals surface area contributed by atoms with Crippen molar-refractivity contribution in [1.29, 1.82) is 0 Å². The third kappa shape index (κ3) is 49.6. The number of carbonyl (C=O) groups excluding carboxylic acids is 1. The Balaban J connectivity index is 1.54. The summed E-state index contributed by atoms with van der Waals surface area (Å²) in [6, 6.07) is -0.825. The molecule has 0 saturated carbocycles. The molecule has 2 rings (SSSR count). The number of carbonyl (C=O) groups is 1. The first-order chi connectivity index (χ1) is 47.1. The molecule has 0 aromatic heterocycles. The van der Waals surface area contributed by atoms with Gasteiger partial charge in [-0.25, -0.2) is 0 Å². The van der Waals surface area contributed by atoms with Gasteiger partial charge < -0.3 is 65.1 Å². The van der Waals surface area contributed by atoms with E-state index in [1.165, 1.54) is 347 Å². The van der Waals surface area contributed by atoms with Crippen LogP contribution in [0.15, 0.2) is 0 Å². The molecule has 0 aliphatic carbocycles. The van der Waals surface area contributed by atoms with Crippen molar-refractivity contribution in [2.45, 2.75) is 498 Å². The molecule has 1 amide bonds. The zero-order chi connectivity index (χ0) is 69.4. The highest BCUT2D eigenvalue weighted by Crippen LogP contribution is 2.31. The summed E-state index contributed by atoms with van der Waals surface area (Å²) >= 11 is 0. The van der Waals surface area contributed by atoms with Crippen LogP contribution in [0.1, 0.15) is 425 Å². The highest BCUT2D eigenvalue weighted by atomic mass is 16.7. The summed E-state index contributed by atoms with van der Waals surface area (Å²) in [5.41, 5.74) is 0. The molecule has 0 bridgehead atoms. The van der Waals surface area contributed by atoms with Gasteiger partial charge in [0.1, 0.15) is 48.8 Å². The van der Waals surface area contributed by atoms with Crippen molar-refractivity contribution in [3.63, 3.8) is 0 Å². The van der Waals surface area contributed by atoms with Gasteiger partial charge in [-0.15, -0.1) is 0 Å². The van der Waals surface area contributed by atoms with Gasteiger partial charge in [0.2, 0.25) is 5.91 Å². The molecule has 2 aliphatic rings. The van der Waals surface area contributed by atoms with Crippen LogP contribution >= 0.6 is 0 Å². The van der Waals surface area contributed by atoms with Crippen LogP contribution in [0.5, 0.6) is 0 Å². The minimum Gasteiger partial charge on any atom is -0.394 e. The van der Waals surface area contributed by atoms with Gasteiger partial charge >= 0.3 is 0 Å². The molecular formula is C82H161NO13. The lowest BCUT2D eigenvalue weighted by Gasteiger charge is -2.46. The van der Waals surface area contributed by atoms with Crippen LogP contribution in [-0.2, 0) is 23.7 Å². The largest absolute Gasteiger partial charge is 0.394 e. The lowest BCUT2D eigenvalue weighted by atomic mass is 9.97. The summed E-state index contributed by atoms with van der Waals surface area (Å²) in [4.78, 5) is 13.4. The number of aliphatic hydroxyl groups excluding tert-OH is 8. The van der Waals surface area contributed by atoms with Gasteiger partial charge in [0, 0.05) is 6.42 Å². The molecule has 0 radical (unpaired) electrons. The monoisotopic (exact) mass is 1370 g/mol. The number of aliphatic hydroxyl groups is 8. The topological polar surface area (TPSA) is 228 Å². The van der Waals surface area contributed by atoms with Gasteiger partial charge in [0.15, 0.2) is 12.6 Å². The Hall–Kier alpha value is -1.01. The maximum Gasteiger partial charge on any atom is 0.220 e. The van der Waals surface area contributed by atoms with Gasteiger partial charge in [-0.05, 0) is 12.8 Å². The first kappa shape index (κ1) is 91.1. The van der Waals surface area contributed by atoms with E-state index in [9.17, 15) is 45.6 Å². The quantitative estimate of drug-likeness (QED) is 0.0259. The minimum atomic E-state index is -1.78. The van der Waals surface area contributed by atoms with Crippen LogP contribution in [0, 0.1) is 0 Å². The van der Waals surface area contributed by atoms with E-state index in [2.05, 4.69) is 19.2 Å². The molecule has 2 heterocycles. The fraction of sp³-hybridized carbons (Fsp3) is 0.988. The summed E-state index contributed by atoms with van der Waals surface area (Å²) < 4.78 is 23.0. The SMILES string of the molecule is CCCCCCCCCCCCCCCCCCCCCCCCCCCCCCCCCCCCCCCCCC(=O)NC(COC1OC(CO)C(OC2OC(CO)C(O)C(O)C2O)C(O)C1O)C(O)CCCCCCCCCCCCCCCCCCCCCCCCC. The molecule has 2 saturated heterocycles. The fourth-order valence-electron chi connectivity index (χ4n) is 14.7. The Labute approximate surface area is 591 Å². The average Bonchev–Trinajstić information content (AvgIpc) is 0.806. The summed E-state index contributed by atoms with van der Waals surface area (Å²) in [5, 5.41) is 87.9. The van der Waals surface area contributed by atoms with Crippen molar-refractivity contribution >= 4 is 5.91 Å². The molecule has 14 heteroatoms. The van der Waals surface area contributed by atoms with E-state index in [4.69, 9.17) is 18.9 Å². The Morgan fingerprint density at radius 2 is 0.594 bits per heavy atom. The van der Waals surface area contributed by atoms with Crippen LogP contribution in [0.2, 0.25) is 0 Å². The number of amides is 1. The van der Waals surface area contributed by atoms with Crippen molar-refractivity contribution in [2.75, 3.05) is 19.8 Å². The van der Waals surface area contributed by atoms with Crippen LogP contribution in [0.25, 0.3) is 0 Å². The molecule has 0 spiro atoms. The number of hydrogen-bond donors (Lipinski definition) is 9. The van der Waals surface area contributed by atoms with Crippen molar-refractivity contribution in [1.82, 2.24) is 5.32 Å². The summed E-state index contributed by atoms with van der Waals surface area (Å²) in [7, 11) is 0. The van der Waals surface area contributed by atoms with E-state index >= 15 is 0 Å². The van der Waals surface area contributed by atoms with E-state index in [1.807, 2.05) is 0 Å². The highest BCUT2D eigenvalue weighted by molar-refractivity contribution is 5.76. The van der Waals surface area contributed by atoms with E-state index in [1.54, 1.807) is 0 Å². The maximum absolute atomic E-state index is 13.4. The number of unbranched alkanes of at least 4 members (excludes halogenated alkanes) is 60. The fourth-order valence-corrected chi connectivity index (χ4v) is 14.7. The average molecular weight is 1370 g/mol. The first-order valence-electron chi connectivity index (χ1n) is 42.3. The maximum atomic E-state index is 13.4. The summed E-state index contributed by atoms with van der Waals surface area (Å²) in [6.45, 7) is 2.95. The number of hydrogen-bond acceptors (Lipinski definition) is 13. The molecule has 0 aromatic rings. The molecule has 96 heavy (non-hydrogen) atoms. The standard InChI is InChI=1S/C82H161NO13/c1-3-5-7-9-11-13-15-17-19-21-23-25-27-28-29-30-31-32-33-34-35-36-37-38-39-40-41-42-44-46-48-50-52-54-56-58-60-62-64-66-74(87)83-70(69-93-81-79(92)77(90)80(73(68-85)95-81)96-82-78(91)76(89)75(88)72(67-84)94-82)71(86)65-63-61-59-57-55-53-51-49-47-45-43-26-24-22-20-18-16-14-12-10-8-6-4-2/h70-73,75-82,84-86,88-92H,3-69H2,1-2H3,(H,83,87). The van der Waals surface area contributed by atoms with Crippen molar-refractivity contribution in [3.8, 4) is 0 Å². The van der Waals surface area contributed by atoms with Crippen molar-refractivity contribution < 1.29 is 64.6 Å². The predicted molar refractivity (Wildman–Crippen MR) is 397 cm³/mol. The smallest absolute Gasteiger partial charge is 0.220 e. The van der Waals surface area contributed by atoms with Crippen LogP contribution in [-0.4, -0.2) is 140 Å². The molecule has 9 N–H and O–H groups in total. The van der Waals surface area contributed by atoms with Gasteiger partial charge in [-0.1, -0.05) is 406 Å². The van der Waals surface area contributed by atoms with Gasteiger partial charge in [0.05, 0.1) is 32.0 Å². The number of nitrogens with one attached hydrogen (secondary N) is 1. The first-order valence-corrected chi connectivity index (χ1v) is 42.3. The highest BCUT2D eigenvalue weighted by Gasteiger charge is 2.51. The Morgan fingerprint density at radius 3 is 0.885 bits per heavy atom. The zero-order valence-corrected chi connectivity index (χ0v) is 62.9. The second kappa shape index (κ2) is 67.2. The minimum absolute atomic E-state index is 0.195. The normalized spacial score (nSPS) is 22.1. The van der Waals surface area contributed by atoms with E-state index < -0.39 is 86.8 Å². The number of ether oxygens (including phenoxy) is 4. The zero-order valence-electron chi connectivity index (χ0n) is 62.9. The van der Waals surface area contributed by atoms with E-state index in [0.717, 1.165) is 51.4 Å². The van der Waals surface area contributed by atoms with Gasteiger partial charge in [-0.2, -0.15) is 0 Å². The Morgan fingerprint density at radius 1 is 0.333 bits per heavy atom. The molecule has 14 nitrogen and oxygen atoms in total. The lowest BCUT2D eigenvalue weighted by molar-refractivity contribution is -0.359. The van der Waals surface area contributed by atoms with Crippen LogP contribution in [0.3, 0.4) is 0 Å². The Kier molecular flexibility index (Phi) is 63.7. The van der Waals surface area contributed by atoms with Crippen LogP contribution in [0.4, 0.5) is 0 Å². The van der Waals surface area contributed by atoms with Gasteiger partial charge in [-0.3, -0.25) is 4.79 Å². The third-order valence-electron chi connectivity index (χ3n) is 21.3. The Bertz CT molecular complexity index is 1610. The third-order valence-corrected chi connectivity index (χ3v) is 21.3. The van der Waals surface area contributed by atoms with Crippen molar-refractivity contribution in [3.05, 3.63) is 0 Å².